The Bertz CT molecular complexity index is 290. The first-order chi connectivity index (χ1) is 9.15. The van der Waals surface area contributed by atoms with E-state index in [0.29, 0.717) is 12.0 Å². The highest BCUT2D eigenvalue weighted by Crippen LogP contribution is 2.28. The highest BCUT2D eigenvalue weighted by Gasteiger charge is 2.26. The van der Waals surface area contributed by atoms with Crippen LogP contribution in [0.4, 0.5) is 0 Å². The van der Waals surface area contributed by atoms with Gasteiger partial charge in [0, 0.05) is 6.04 Å². The molecule has 110 valence electrons. The Hall–Kier alpha value is -0.610. The van der Waals surface area contributed by atoms with Gasteiger partial charge in [0.2, 0.25) is 5.91 Å². The van der Waals surface area contributed by atoms with Crippen molar-refractivity contribution >= 4 is 5.91 Å². The fourth-order valence-electron chi connectivity index (χ4n) is 3.28. The minimum atomic E-state index is 0.0601. The van der Waals surface area contributed by atoms with Crippen molar-refractivity contribution in [3.8, 4) is 0 Å². The maximum Gasteiger partial charge on any atom is 0.246 e. The summed E-state index contributed by atoms with van der Waals surface area (Å²) in [6.45, 7) is 6.78. The first-order valence-corrected chi connectivity index (χ1v) is 7.77. The van der Waals surface area contributed by atoms with Crippen molar-refractivity contribution in [3.63, 3.8) is 0 Å². The second kappa shape index (κ2) is 7.25. The predicted octanol–water partition coefficient (Wildman–Crippen LogP) is 1.70. The summed E-state index contributed by atoms with van der Waals surface area (Å²) in [5, 5.41) is 6.45. The number of rotatable bonds is 4. The molecule has 2 fully saturated rings. The Kier molecular flexibility index (Phi) is 5.64. The van der Waals surface area contributed by atoms with E-state index in [-0.39, 0.29) is 18.6 Å². The smallest absolute Gasteiger partial charge is 0.246 e. The number of piperidine rings is 1. The predicted molar refractivity (Wildman–Crippen MR) is 76.0 cm³/mol. The third-order valence-electron chi connectivity index (χ3n) is 4.51. The van der Waals surface area contributed by atoms with Gasteiger partial charge in [-0.1, -0.05) is 13.8 Å². The molecule has 0 aromatic heterocycles. The van der Waals surface area contributed by atoms with Crippen LogP contribution in [0.1, 0.15) is 46.0 Å². The molecular formula is C15H28N2O2. The summed E-state index contributed by atoms with van der Waals surface area (Å²) in [5.74, 6) is 1.45. The van der Waals surface area contributed by atoms with Crippen LogP contribution in [0.25, 0.3) is 0 Å². The molecule has 2 rings (SSSR count). The van der Waals surface area contributed by atoms with Gasteiger partial charge < -0.3 is 15.4 Å². The zero-order chi connectivity index (χ0) is 13.7. The van der Waals surface area contributed by atoms with Crippen molar-refractivity contribution < 1.29 is 9.53 Å². The van der Waals surface area contributed by atoms with Gasteiger partial charge in [-0.2, -0.15) is 0 Å². The van der Waals surface area contributed by atoms with E-state index in [9.17, 15) is 4.79 Å². The zero-order valence-corrected chi connectivity index (χ0v) is 12.3. The quantitative estimate of drug-likeness (QED) is 0.816. The Morgan fingerprint density at radius 3 is 2.63 bits per heavy atom. The van der Waals surface area contributed by atoms with Crippen LogP contribution in [0.5, 0.6) is 0 Å². The van der Waals surface area contributed by atoms with Gasteiger partial charge in [0.15, 0.2) is 0 Å². The minimum Gasteiger partial charge on any atom is -0.368 e. The molecule has 1 heterocycles. The zero-order valence-electron chi connectivity index (χ0n) is 12.3. The molecule has 0 aromatic rings. The van der Waals surface area contributed by atoms with Gasteiger partial charge in [-0.3, -0.25) is 4.79 Å². The van der Waals surface area contributed by atoms with Gasteiger partial charge in [0.05, 0.1) is 6.10 Å². The lowest BCUT2D eigenvalue weighted by atomic mass is 9.80. The van der Waals surface area contributed by atoms with E-state index in [4.69, 9.17) is 4.74 Å². The highest BCUT2D eigenvalue weighted by atomic mass is 16.5. The van der Waals surface area contributed by atoms with Crippen LogP contribution >= 0.6 is 0 Å². The molecule has 1 saturated heterocycles. The van der Waals surface area contributed by atoms with E-state index < -0.39 is 0 Å². The largest absolute Gasteiger partial charge is 0.368 e. The Morgan fingerprint density at radius 2 is 1.95 bits per heavy atom. The summed E-state index contributed by atoms with van der Waals surface area (Å²) < 4.78 is 5.69. The molecule has 4 heteroatoms. The lowest BCUT2D eigenvalue weighted by Gasteiger charge is -2.33. The number of carbonyl (C=O) groups is 1. The van der Waals surface area contributed by atoms with Gasteiger partial charge in [0.25, 0.3) is 0 Å². The highest BCUT2D eigenvalue weighted by molar-refractivity contribution is 5.77. The maximum absolute atomic E-state index is 11.9. The van der Waals surface area contributed by atoms with Crippen molar-refractivity contribution in [2.75, 3.05) is 19.7 Å². The van der Waals surface area contributed by atoms with Gasteiger partial charge in [-0.15, -0.1) is 0 Å². The van der Waals surface area contributed by atoms with E-state index in [0.717, 1.165) is 38.3 Å². The third-order valence-corrected chi connectivity index (χ3v) is 4.51. The Labute approximate surface area is 116 Å². The van der Waals surface area contributed by atoms with Crippen molar-refractivity contribution in [3.05, 3.63) is 0 Å². The molecule has 1 saturated carbocycles. The van der Waals surface area contributed by atoms with Crippen LogP contribution in [0, 0.1) is 11.8 Å². The molecule has 4 nitrogen and oxygen atoms in total. The molecule has 0 spiro atoms. The number of hydrogen-bond acceptors (Lipinski definition) is 3. The molecule has 3 atom stereocenters. The van der Waals surface area contributed by atoms with Crippen molar-refractivity contribution in [1.82, 2.24) is 10.6 Å². The molecule has 0 radical (unpaired) electrons. The lowest BCUT2D eigenvalue weighted by molar-refractivity contribution is -0.129. The number of ether oxygens (including phenoxy) is 1. The molecule has 2 aliphatic rings. The van der Waals surface area contributed by atoms with E-state index in [1.807, 2.05) is 0 Å². The molecule has 1 aliphatic carbocycles. The monoisotopic (exact) mass is 268 g/mol. The summed E-state index contributed by atoms with van der Waals surface area (Å²) in [4.78, 5) is 11.9. The summed E-state index contributed by atoms with van der Waals surface area (Å²) in [6.07, 6.45) is 5.86. The van der Waals surface area contributed by atoms with Crippen LogP contribution < -0.4 is 10.6 Å². The van der Waals surface area contributed by atoms with Crippen LogP contribution in [0.3, 0.4) is 0 Å². The molecule has 2 N–H and O–H groups in total. The molecular weight excluding hydrogens is 240 g/mol. The summed E-state index contributed by atoms with van der Waals surface area (Å²) >= 11 is 0. The fourth-order valence-corrected chi connectivity index (χ4v) is 3.28. The molecule has 19 heavy (non-hydrogen) atoms. The summed E-state index contributed by atoms with van der Waals surface area (Å²) in [5.41, 5.74) is 0. The molecule has 0 aromatic carbocycles. The van der Waals surface area contributed by atoms with E-state index in [1.54, 1.807) is 0 Å². The van der Waals surface area contributed by atoms with Crippen LogP contribution in [-0.4, -0.2) is 37.7 Å². The normalized spacial score (nSPS) is 33.1. The molecule has 0 bridgehead atoms. The second-order valence-electron chi connectivity index (χ2n) is 6.33. The van der Waals surface area contributed by atoms with Crippen LogP contribution in [0.2, 0.25) is 0 Å². The second-order valence-corrected chi connectivity index (χ2v) is 6.33. The van der Waals surface area contributed by atoms with Crippen molar-refractivity contribution in [2.45, 2.75) is 58.1 Å². The third kappa shape index (κ3) is 4.77. The first kappa shape index (κ1) is 14.8. The average molecular weight is 268 g/mol. The number of carbonyl (C=O) groups excluding carboxylic acids is 1. The molecule has 1 aliphatic heterocycles. The van der Waals surface area contributed by atoms with E-state index in [1.165, 1.54) is 12.8 Å². The van der Waals surface area contributed by atoms with Crippen LogP contribution in [-0.2, 0) is 9.53 Å². The minimum absolute atomic E-state index is 0.0601. The summed E-state index contributed by atoms with van der Waals surface area (Å²) in [7, 11) is 0. The van der Waals surface area contributed by atoms with E-state index >= 15 is 0 Å². The van der Waals surface area contributed by atoms with Crippen molar-refractivity contribution in [2.24, 2.45) is 11.8 Å². The first-order valence-electron chi connectivity index (χ1n) is 7.77. The van der Waals surface area contributed by atoms with Gasteiger partial charge in [0.1, 0.15) is 6.61 Å². The summed E-state index contributed by atoms with van der Waals surface area (Å²) in [6, 6.07) is 0.348. The number of nitrogens with one attached hydrogen (secondary N) is 2. The van der Waals surface area contributed by atoms with Gasteiger partial charge in [-0.05, 0) is 57.0 Å². The Morgan fingerprint density at radius 1 is 1.21 bits per heavy atom. The van der Waals surface area contributed by atoms with E-state index in [2.05, 4.69) is 24.5 Å². The van der Waals surface area contributed by atoms with Gasteiger partial charge in [-0.25, -0.2) is 0 Å². The van der Waals surface area contributed by atoms with Crippen molar-refractivity contribution in [1.29, 1.82) is 0 Å². The lowest BCUT2D eigenvalue weighted by Crippen LogP contribution is -2.44. The average Bonchev–Trinajstić information content (AvgIpc) is 2.41. The molecule has 3 unspecified atom stereocenters. The number of amides is 1. The molecule has 1 amide bonds. The van der Waals surface area contributed by atoms with Gasteiger partial charge >= 0.3 is 0 Å². The van der Waals surface area contributed by atoms with Crippen LogP contribution in [0.15, 0.2) is 0 Å². The SMILES string of the molecule is CC1CCC(NC(=O)COC2CCNCC2)C(C)C1. The fraction of sp³-hybridized carbons (Fsp3) is 0.933. The maximum atomic E-state index is 11.9. The number of hydrogen-bond donors (Lipinski definition) is 2. The Balaban J connectivity index is 1.66. The topological polar surface area (TPSA) is 50.4 Å². The standard InChI is InChI=1S/C15H28N2O2/c1-11-3-4-14(12(2)9-11)17-15(18)10-19-13-5-7-16-8-6-13/h11-14,16H,3-10H2,1-2H3,(H,17,18).